The van der Waals surface area contributed by atoms with Crippen molar-refractivity contribution in [1.29, 1.82) is 0 Å². The summed E-state index contributed by atoms with van der Waals surface area (Å²) in [6, 6.07) is 113. The highest BCUT2D eigenvalue weighted by molar-refractivity contribution is 6.22. The lowest BCUT2D eigenvalue weighted by Crippen LogP contribution is -2.00. The Kier molecular flexibility index (Phi) is 13.0. The molecule has 20 rings (SSSR count). The van der Waals surface area contributed by atoms with Crippen molar-refractivity contribution in [2.45, 2.75) is 0 Å². The maximum absolute atomic E-state index is 7.41. The number of hydrogen-bond donors (Lipinski definition) is 0. The first-order valence-electron chi connectivity index (χ1n) is 33.5. The molecule has 6 heterocycles. The van der Waals surface area contributed by atoms with Crippen LogP contribution in [0.3, 0.4) is 0 Å². The molecule has 0 aliphatic heterocycles. The van der Waals surface area contributed by atoms with E-state index < -0.39 is 0 Å². The first-order chi connectivity index (χ1) is 49.6. The predicted octanol–water partition coefficient (Wildman–Crippen LogP) is 23.1. The van der Waals surface area contributed by atoms with Gasteiger partial charge in [0, 0.05) is 82.3 Å². The minimum Gasteiger partial charge on any atom is -0.455 e. The predicted molar refractivity (Wildman–Crippen MR) is 405 cm³/mol. The Labute approximate surface area is 572 Å². The summed E-state index contributed by atoms with van der Waals surface area (Å²) in [4.78, 5) is 30.6. The van der Waals surface area contributed by atoms with Crippen molar-refractivity contribution in [1.82, 2.24) is 39.0 Å². The number of para-hydroxylation sites is 6. The summed E-state index contributed by atoms with van der Waals surface area (Å²) in [5.74, 6) is 2.61. The van der Waals surface area contributed by atoms with Gasteiger partial charge in [-0.1, -0.05) is 249 Å². The Morgan fingerprint density at radius 1 is 0.230 bits per heavy atom. The van der Waals surface area contributed by atoms with E-state index in [9.17, 15) is 0 Å². The SMILES string of the molecule is c1ccc(-c2ccc(-n3c4ccccc4c4ccc(-c5ccc(-c6cccc(-c7nc(-c8ccccc8)nc(-c8cccc9c8oc8cccc(-c%10cccc%11c%12ccccc%12n(-c%12ccccc%12)c%10%11)c89)n7)c6)c6c5oc5c(-c7ncnc(-c8ccccc8)n7)cccc56)cc43)cc2)cc1. The van der Waals surface area contributed by atoms with Crippen molar-refractivity contribution >= 4 is 87.5 Å². The number of nitrogens with zero attached hydrogens (tertiary/aromatic N) is 8. The van der Waals surface area contributed by atoms with Crippen LogP contribution in [0.5, 0.6) is 0 Å². The largest absolute Gasteiger partial charge is 0.455 e. The maximum atomic E-state index is 7.41. The molecule has 0 amide bonds. The summed E-state index contributed by atoms with van der Waals surface area (Å²) in [6.07, 6.45) is 1.58. The van der Waals surface area contributed by atoms with E-state index in [-0.39, 0.29) is 0 Å². The first-order valence-corrected chi connectivity index (χ1v) is 33.5. The topological polar surface area (TPSA) is 113 Å². The molecule has 0 aliphatic carbocycles. The fourth-order valence-electron chi connectivity index (χ4n) is 15.0. The van der Waals surface area contributed by atoms with Gasteiger partial charge in [-0.05, 0) is 106 Å². The van der Waals surface area contributed by atoms with E-state index in [0.717, 1.165) is 138 Å². The second-order valence-electron chi connectivity index (χ2n) is 25.3. The van der Waals surface area contributed by atoms with E-state index in [0.29, 0.717) is 40.3 Å². The molecule has 0 bridgehead atoms. The van der Waals surface area contributed by atoms with Gasteiger partial charge in [-0.3, -0.25) is 0 Å². The van der Waals surface area contributed by atoms with E-state index in [1.54, 1.807) is 6.33 Å². The van der Waals surface area contributed by atoms with Crippen molar-refractivity contribution in [3.8, 4) is 113 Å². The molecular formula is C90H54N8O2. The summed E-state index contributed by atoms with van der Waals surface area (Å²) in [5, 5.41) is 8.52. The second kappa shape index (κ2) is 23.0. The van der Waals surface area contributed by atoms with Gasteiger partial charge in [0.05, 0.1) is 33.2 Å². The lowest BCUT2D eigenvalue weighted by atomic mass is 9.93. The monoisotopic (exact) mass is 1280 g/mol. The van der Waals surface area contributed by atoms with Crippen molar-refractivity contribution in [2.75, 3.05) is 0 Å². The quantitative estimate of drug-likeness (QED) is 0.126. The van der Waals surface area contributed by atoms with Crippen molar-refractivity contribution in [2.24, 2.45) is 0 Å². The fraction of sp³-hybridized carbons (Fsp3) is 0. The molecule has 100 heavy (non-hydrogen) atoms. The molecule has 0 spiro atoms. The van der Waals surface area contributed by atoms with Crippen LogP contribution < -0.4 is 0 Å². The Morgan fingerprint density at radius 2 is 0.700 bits per heavy atom. The lowest BCUT2D eigenvalue weighted by Gasteiger charge is -2.12. The molecule has 0 radical (unpaired) electrons. The van der Waals surface area contributed by atoms with Crippen molar-refractivity contribution in [3.63, 3.8) is 0 Å². The molecule has 10 heteroatoms. The standard InChI is InChI=1S/C90H54N8O2/c1-5-22-55(23-6-1)56-44-47-63(48-45-56)97-76-41-15-13-32-66(76)68-49-46-60(53-78(68)97)65-51-50-64(81-73-38-20-39-74(84(73)100-85(65)81)89-92-54-91-86(93-89)57-24-7-2-8-25-57)59-28-17-29-61(52-59)88-94-87(58-26-9-3-10-27-58)95-90(96-88)75-40-19-37-72-80-69(34-21-43-79(80)99-83(72)75)71-36-18-35-70-67-33-14-16-42-77(67)98(82(70)71)62-30-11-4-12-31-62/h1-54H. The van der Waals surface area contributed by atoms with Crippen molar-refractivity contribution < 1.29 is 8.83 Å². The fourth-order valence-corrected chi connectivity index (χ4v) is 15.0. The Hall–Kier alpha value is -13.7. The number of hydrogen-bond acceptors (Lipinski definition) is 8. The number of furan rings is 2. The molecule has 0 saturated carbocycles. The highest BCUT2D eigenvalue weighted by Crippen LogP contribution is 2.48. The average molecular weight is 1280 g/mol. The Bertz CT molecular complexity index is 6640. The van der Waals surface area contributed by atoms with Gasteiger partial charge in [0.1, 0.15) is 28.7 Å². The zero-order chi connectivity index (χ0) is 65.8. The third-order valence-corrected chi connectivity index (χ3v) is 19.6. The Balaban J connectivity index is 0.755. The lowest BCUT2D eigenvalue weighted by molar-refractivity contribution is 0.669. The summed E-state index contributed by atoms with van der Waals surface area (Å²) in [5.41, 5.74) is 21.9. The van der Waals surface area contributed by atoms with Gasteiger partial charge in [-0.25, -0.2) is 29.9 Å². The van der Waals surface area contributed by atoms with Gasteiger partial charge >= 0.3 is 0 Å². The van der Waals surface area contributed by atoms with E-state index in [4.69, 9.17) is 33.8 Å². The van der Waals surface area contributed by atoms with Crippen LogP contribution in [0.2, 0.25) is 0 Å². The van der Waals surface area contributed by atoms with Gasteiger partial charge in [-0.2, -0.15) is 0 Å². The summed E-state index contributed by atoms with van der Waals surface area (Å²) in [7, 11) is 0. The molecule has 20 aromatic rings. The molecule has 0 aliphatic rings. The van der Waals surface area contributed by atoms with Gasteiger partial charge in [-0.15, -0.1) is 0 Å². The maximum Gasteiger partial charge on any atom is 0.167 e. The van der Waals surface area contributed by atoms with E-state index in [1.807, 2.05) is 66.7 Å². The van der Waals surface area contributed by atoms with Crippen LogP contribution in [0.15, 0.2) is 337 Å². The number of fused-ring (bicyclic) bond motifs is 12. The molecule has 14 aromatic carbocycles. The molecule has 6 aromatic heterocycles. The zero-order valence-electron chi connectivity index (χ0n) is 53.6. The molecular weight excluding hydrogens is 1230 g/mol. The van der Waals surface area contributed by atoms with Gasteiger partial charge in [0.15, 0.2) is 29.1 Å². The van der Waals surface area contributed by atoms with Gasteiger partial charge in [0.2, 0.25) is 0 Å². The number of aromatic nitrogens is 8. The van der Waals surface area contributed by atoms with Gasteiger partial charge in [0.25, 0.3) is 0 Å². The normalized spacial score (nSPS) is 11.8. The van der Waals surface area contributed by atoms with Crippen LogP contribution in [0.25, 0.3) is 200 Å². The molecule has 0 N–H and O–H groups in total. The van der Waals surface area contributed by atoms with E-state index >= 15 is 0 Å². The third-order valence-electron chi connectivity index (χ3n) is 19.6. The average Bonchev–Trinajstić information content (AvgIpc) is 1.57. The van der Waals surface area contributed by atoms with Gasteiger partial charge < -0.3 is 18.0 Å². The van der Waals surface area contributed by atoms with Crippen LogP contribution in [0.1, 0.15) is 0 Å². The molecule has 0 atom stereocenters. The highest BCUT2D eigenvalue weighted by Gasteiger charge is 2.26. The summed E-state index contributed by atoms with van der Waals surface area (Å²) in [6.45, 7) is 0. The van der Waals surface area contributed by atoms with E-state index in [2.05, 4.69) is 269 Å². The minimum absolute atomic E-state index is 0.487. The molecule has 0 unspecified atom stereocenters. The zero-order valence-corrected chi connectivity index (χ0v) is 53.6. The molecule has 466 valence electrons. The van der Waals surface area contributed by atoms with Crippen LogP contribution in [0.4, 0.5) is 0 Å². The van der Waals surface area contributed by atoms with Crippen LogP contribution >= 0.6 is 0 Å². The third kappa shape index (κ3) is 9.19. The highest BCUT2D eigenvalue weighted by atomic mass is 16.3. The Morgan fingerprint density at radius 3 is 1.45 bits per heavy atom. The first kappa shape index (κ1) is 56.6. The smallest absolute Gasteiger partial charge is 0.167 e. The minimum atomic E-state index is 0.487. The summed E-state index contributed by atoms with van der Waals surface area (Å²) >= 11 is 0. The van der Waals surface area contributed by atoms with Crippen molar-refractivity contribution in [3.05, 3.63) is 328 Å². The second-order valence-corrected chi connectivity index (χ2v) is 25.3. The van der Waals surface area contributed by atoms with Crippen LogP contribution in [-0.4, -0.2) is 39.0 Å². The number of benzene rings is 14. The van der Waals surface area contributed by atoms with E-state index in [1.165, 1.54) is 21.7 Å². The van der Waals surface area contributed by atoms with Crippen LogP contribution in [-0.2, 0) is 0 Å². The molecule has 10 nitrogen and oxygen atoms in total. The number of rotatable bonds is 11. The molecule has 0 saturated heterocycles. The summed E-state index contributed by atoms with van der Waals surface area (Å²) < 4.78 is 19.3. The molecule has 0 fully saturated rings. The van der Waals surface area contributed by atoms with Crippen LogP contribution in [0, 0.1) is 0 Å².